The van der Waals surface area contributed by atoms with Crippen LogP contribution in [0, 0.1) is 0 Å². The Hall–Kier alpha value is -0.970. The predicted octanol–water partition coefficient (Wildman–Crippen LogP) is 1.87. The van der Waals surface area contributed by atoms with Crippen LogP contribution in [0.4, 0.5) is 0 Å². The minimum Gasteiger partial charge on any atom is -0.486 e. The fraction of sp³-hybridized carbons (Fsp3) is 0.538. The molecule has 4 nitrogen and oxygen atoms in total. The van der Waals surface area contributed by atoms with E-state index in [-0.39, 0.29) is 24.6 Å². The SMILES string of the molecule is COC(C)CNCC1COc2ccccc2O1.Cl. The molecule has 0 aliphatic carbocycles. The highest BCUT2D eigenvalue weighted by Crippen LogP contribution is 2.30. The lowest BCUT2D eigenvalue weighted by atomic mass is 10.2. The average molecular weight is 274 g/mol. The van der Waals surface area contributed by atoms with E-state index in [1.165, 1.54) is 0 Å². The quantitative estimate of drug-likeness (QED) is 0.889. The molecule has 0 aromatic heterocycles. The highest BCUT2D eigenvalue weighted by molar-refractivity contribution is 5.85. The Morgan fingerprint density at radius 2 is 2.11 bits per heavy atom. The number of methoxy groups -OCH3 is 1. The van der Waals surface area contributed by atoms with Crippen LogP contribution in [-0.4, -0.2) is 39.0 Å². The predicted molar refractivity (Wildman–Crippen MR) is 72.9 cm³/mol. The van der Waals surface area contributed by atoms with Gasteiger partial charge in [-0.05, 0) is 19.1 Å². The zero-order valence-electron chi connectivity index (χ0n) is 10.7. The van der Waals surface area contributed by atoms with E-state index in [2.05, 4.69) is 5.32 Å². The fourth-order valence-corrected chi connectivity index (χ4v) is 1.69. The van der Waals surface area contributed by atoms with Crippen molar-refractivity contribution in [1.82, 2.24) is 5.32 Å². The van der Waals surface area contributed by atoms with Crippen molar-refractivity contribution >= 4 is 12.4 Å². The maximum atomic E-state index is 5.82. The molecule has 1 aliphatic rings. The van der Waals surface area contributed by atoms with Gasteiger partial charge in [0.05, 0.1) is 6.10 Å². The zero-order valence-corrected chi connectivity index (χ0v) is 11.5. The molecule has 0 amide bonds. The summed E-state index contributed by atoms with van der Waals surface area (Å²) in [6, 6.07) is 7.75. The number of benzene rings is 1. The van der Waals surface area contributed by atoms with Crippen LogP contribution in [-0.2, 0) is 4.74 Å². The molecule has 0 saturated heterocycles. The second-order valence-electron chi connectivity index (χ2n) is 4.20. The van der Waals surface area contributed by atoms with Crippen LogP contribution in [0.3, 0.4) is 0 Å². The van der Waals surface area contributed by atoms with E-state index >= 15 is 0 Å². The monoisotopic (exact) mass is 273 g/mol. The first-order chi connectivity index (χ1) is 8.29. The Kier molecular flexibility index (Phi) is 6.25. The van der Waals surface area contributed by atoms with Crippen molar-refractivity contribution in [2.75, 3.05) is 26.8 Å². The Balaban J connectivity index is 0.00000162. The first-order valence-electron chi connectivity index (χ1n) is 5.91. The van der Waals surface area contributed by atoms with Gasteiger partial charge in [0.15, 0.2) is 11.5 Å². The molecule has 1 heterocycles. The third-order valence-corrected chi connectivity index (χ3v) is 2.77. The summed E-state index contributed by atoms with van der Waals surface area (Å²) >= 11 is 0. The highest BCUT2D eigenvalue weighted by atomic mass is 35.5. The van der Waals surface area contributed by atoms with E-state index in [1.807, 2.05) is 31.2 Å². The minimum absolute atomic E-state index is 0. The second kappa shape index (κ2) is 7.46. The van der Waals surface area contributed by atoms with Gasteiger partial charge in [0, 0.05) is 20.2 Å². The van der Waals surface area contributed by atoms with Gasteiger partial charge in [-0.25, -0.2) is 0 Å². The van der Waals surface area contributed by atoms with E-state index in [9.17, 15) is 0 Å². The maximum Gasteiger partial charge on any atom is 0.161 e. The van der Waals surface area contributed by atoms with Crippen LogP contribution in [0.25, 0.3) is 0 Å². The molecule has 1 N–H and O–H groups in total. The minimum atomic E-state index is 0. The molecule has 2 unspecified atom stereocenters. The lowest BCUT2D eigenvalue weighted by Gasteiger charge is -2.26. The molecule has 2 rings (SSSR count). The van der Waals surface area contributed by atoms with Gasteiger partial charge in [0.25, 0.3) is 0 Å². The number of hydrogen-bond donors (Lipinski definition) is 1. The number of ether oxygens (including phenoxy) is 3. The van der Waals surface area contributed by atoms with E-state index < -0.39 is 0 Å². The largest absolute Gasteiger partial charge is 0.486 e. The molecule has 1 aliphatic heterocycles. The number of halogens is 1. The van der Waals surface area contributed by atoms with Crippen molar-refractivity contribution in [2.24, 2.45) is 0 Å². The third kappa shape index (κ3) is 4.05. The molecule has 1 aromatic rings. The second-order valence-corrected chi connectivity index (χ2v) is 4.20. The lowest BCUT2D eigenvalue weighted by Crippen LogP contribution is -2.40. The van der Waals surface area contributed by atoms with E-state index in [1.54, 1.807) is 7.11 Å². The Bertz CT molecular complexity index is 362. The summed E-state index contributed by atoms with van der Waals surface area (Å²) in [5.74, 6) is 1.65. The van der Waals surface area contributed by atoms with Gasteiger partial charge in [0.2, 0.25) is 0 Å². The maximum absolute atomic E-state index is 5.82. The molecule has 102 valence electrons. The summed E-state index contributed by atoms with van der Waals surface area (Å²) in [7, 11) is 1.71. The van der Waals surface area contributed by atoms with Gasteiger partial charge in [0.1, 0.15) is 12.7 Å². The Morgan fingerprint density at radius 1 is 1.39 bits per heavy atom. The van der Waals surface area contributed by atoms with Crippen molar-refractivity contribution in [3.8, 4) is 11.5 Å². The molecular formula is C13H20ClNO3. The number of para-hydroxylation sites is 2. The van der Waals surface area contributed by atoms with Crippen molar-refractivity contribution in [3.63, 3.8) is 0 Å². The van der Waals surface area contributed by atoms with Crippen LogP contribution in [0.15, 0.2) is 24.3 Å². The number of rotatable bonds is 5. The number of nitrogens with one attached hydrogen (secondary N) is 1. The molecule has 2 atom stereocenters. The van der Waals surface area contributed by atoms with Crippen LogP contribution < -0.4 is 14.8 Å². The van der Waals surface area contributed by atoms with Crippen molar-refractivity contribution < 1.29 is 14.2 Å². The summed E-state index contributed by atoms with van der Waals surface area (Å²) in [6.45, 7) is 4.20. The molecular weight excluding hydrogens is 254 g/mol. The highest BCUT2D eigenvalue weighted by Gasteiger charge is 2.20. The summed E-state index contributed by atoms with van der Waals surface area (Å²) in [5.41, 5.74) is 0. The van der Waals surface area contributed by atoms with E-state index in [4.69, 9.17) is 14.2 Å². The molecule has 0 radical (unpaired) electrons. The fourth-order valence-electron chi connectivity index (χ4n) is 1.69. The lowest BCUT2D eigenvalue weighted by molar-refractivity contribution is 0.0806. The molecule has 0 bridgehead atoms. The van der Waals surface area contributed by atoms with E-state index in [0.29, 0.717) is 6.61 Å². The summed E-state index contributed by atoms with van der Waals surface area (Å²) in [6.07, 6.45) is 0.278. The normalized spacial score (nSPS) is 18.9. The average Bonchev–Trinajstić information content (AvgIpc) is 2.38. The van der Waals surface area contributed by atoms with Crippen LogP contribution in [0.5, 0.6) is 11.5 Å². The Morgan fingerprint density at radius 3 is 2.83 bits per heavy atom. The first-order valence-corrected chi connectivity index (χ1v) is 5.91. The van der Waals surface area contributed by atoms with Crippen LogP contribution in [0.2, 0.25) is 0 Å². The van der Waals surface area contributed by atoms with Gasteiger partial charge in [-0.15, -0.1) is 12.4 Å². The van der Waals surface area contributed by atoms with Crippen molar-refractivity contribution in [2.45, 2.75) is 19.1 Å². The van der Waals surface area contributed by atoms with Gasteiger partial charge >= 0.3 is 0 Å². The topological polar surface area (TPSA) is 39.7 Å². The molecule has 18 heavy (non-hydrogen) atoms. The standard InChI is InChI=1S/C13H19NO3.ClH/c1-10(15-2)7-14-8-11-9-16-12-5-3-4-6-13(12)17-11;/h3-6,10-11,14H,7-9H2,1-2H3;1H. The number of fused-ring (bicyclic) bond motifs is 1. The van der Waals surface area contributed by atoms with Crippen LogP contribution >= 0.6 is 12.4 Å². The molecule has 0 fully saturated rings. The molecule has 0 saturated carbocycles. The Labute approximate surface area is 114 Å². The summed E-state index contributed by atoms with van der Waals surface area (Å²) in [4.78, 5) is 0. The van der Waals surface area contributed by atoms with Gasteiger partial charge in [-0.3, -0.25) is 0 Å². The summed E-state index contributed by atoms with van der Waals surface area (Å²) < 4.78 is 16.6. The van der Waals surface area contributed by atoms with Crippen molar-refractivity contribution in [3.05, 3.63) is 24.3 Å². The molecule has 0 spiro atoms. The van der Waals surface area contributed by atoms with Crippen molar-refractivity contribution in [1.29, 1.82) is 0 Å². The smallest absolute Gasteiger partial charge is 0.161 e. The zero-order chi connectivity index (χ0) is 12.1. The summed E-state index contributed by atoms with van der Waals surface area (Å²) in [5, 5.41) is 3.31. The van der Waals surface area contributed by atoms with Gasteiger partial charge < -0.3 is 19.5 Å². The molecule has 1 aromatic carbocycles. The number of hydrogen-bond acceptors (Lipinski definition) is 4. The van der Waals surface area contributed by atoms with Gasteiger partial charge in [-0.2, -0.15) is 0 Å². The molecule has 5 heteroatoms. The van der Waals surface area contributed by atoms with E-state index in [0.717, 1.165) is 24.6 Å². The first kappa shape index (κ1) is 15.1. The van der Waals surface area contributed by atoms with Crippen LogP contribution in [0.1, 0.15) is 6.92 Å². The third-order valence-electron chi connectivity index (χ3n) is 2.77. The van der Waals surface area contributed by atoms with Gasteiger partial charge in [-0.1, -0.05) is 12.1 Å².